The van der Waals surface area contributed by atoms with Crippen molar-refractivity contribution < 1.29 is 4.79 Å². The molecule has 1 aliphatic carbocycles. The molecule has 3 aromatic rings. The zero-order valence-corrected chi connectivity index (χ0v) is 16.4. The fraction of sp³-hybridized carbons (Fsp3) is 0.476. The van der Waals surface area contributed by atoms with E-state index in [-0.39, 0.29) is 5.91 Å². The third-order valence-corrected chi connectivity index (χ3v) is 7.19. The first-order valence-electron chi connectivity index (χ1n) is 9.87. The van der Waals surface area contributed by atoms with Gasteiger partial charge >= 0.3 is 0 Å². The number of piperidine rings is 1. The monoisotopic (exact) mass is 380 g/mol. The molecule has 1 amide bonds. The highest BCUT2D eigenvalue weighted by molar-refractivity contribution is 7.10. The van der Waals surface area contributed by atoms with Crippen LogP contribution < -0.4 is 0 Å². The van der Waals surface area contributed by atoms with Crippen molar-refractivity contribution in [2.45, 2.75) is 44.9 Å². The summed E-state index contributed by atoms with van der Waals surface area (Å²) in [6.45, 7) is 3.95. The molecule has 0 spiro atoms. The lowest BCUT2D eigenvalue weighted by Gasteiger charge is -2.32. The number of nitrogens with one attached hydrogen (secondary N) is 1. The molecule has 0 bridgehead atoms. The van der Waals surface area contributed by atoms with Gasteiger partial charge in [0, 0.05) is 47.4 Å². The zero-order valence-electron chi connectivity index (χ0n) is 15.6. The van der Waals surface area contributed by atoms with Gasteiger partial charge in [-0.3, -0.25) is 9.78 Å². The molecule has 0 aromatic carbocycles. The molecule has 2 aliphatic rings. The summed E-state index contributed by atoms with van der Waals surface area (Å²) in [5.74, 6) is 1.43. The van der Waals surface area contributed by atoms with Crippen LogP contribution >= 0.6 is 11.3 Å². The number of carbonyl (C=O) groups is 1. The Labute approximate surface area is 162 Å². The second kappa shape index (κ2) is 6.75. The van der Waals surface area contributed by atoms with Gasteiger partial charge in [-0.15, -0.1) is 11.3 Å². The number of likely N-dealkylation sites (tertiary alicyclic amines) is 1. The first-order valence-corrected chi connectivity index (χ1v) is 10.7. The van der Waals surface area contributed by atoms with E-state index in [4.69, 9.17) is 0 Å². The molecule has 6 heteroatoms. The van der Waals surface area contributed by atoms with Crippen LogP contribution in [-0.4, -0.2) is 38.8 Å². The Bertz CT molecular complexity index is 950. The van der Waals surface area contributed by atoms with E-state index < -0.39 is 0 Å². The topological polar surface area (TPSA) is 61.9 Å². The molecule has 0 radical (unpaired) electrons. The average molecular weight is 381 g/mol. The Hall–Kier alpha value is -2.21. The Balaban J connectivity index is 1.28. The first kappa shape index (κ1) is 16.9. The van der Waals surface area contributed by atoms with Gasteiger partial charge in [0.05, 0.1) is 5.56 Å². The van der Waals surface area contributed by atoms with E-state index in [0.29, 0.717) is 5.92 Å². The fourth-order valence-corrected chi connectivity index (χ4v) is 5.75. The van der Waals surface area contributed by atoms with Crippen molar-refractivity contribution in [3.05, 3.63) is 45.5 Å². The number of rotatable bonds is 2. The van der Waals surface area contributed by atoms with E-state index in [1.54, 1.807) is 23.7 Å². The summed E-state index contributed by atoms with van der Waals surface area (Å²) in [5, 5.41) is 2.10. The third-order valence-electron chi connectivity index (χ3n) is 6.14. The maximum absolute atomic E-state index is 13.1. The molecule has 0 unspecified atom stereocenters. The van der Waals surface area contributed by atoms with Crippen LogP contribution in [0.2, 0.25) is 0 Å². The quantitative estimate of drug-likeness (QED) is 0.726. The maximum atomic E-state index is 13.1. The summed E-state index contributed by atoms with van der Waals surface area (Å²) in [6, 6.07) is 2.11. The fourth-order valence-electron chi connectivity index (χ4n) is 4.51. The smallest absolute Gasteiger partial charge is 0.254 e. The highest BCUT2D eigenvalue weighted by Crippen LogP contribution is 2.35. The molecule has 4 heterocycles. The number of carbonyl (C=O) groups excluding carboxylic acids is 1. The standard InChI is InChI=1S/C21H24N4OS/c1-13-2-3-15-16(12-27-19(15)10-13)21(26)25-8-4-14(5-9-25)17-11-18-20(24-17)23-7-6-22-18/h6-7,11-14H,2-5,8-10H2,1H3,(H,23,24)/t13-/m0/s1. The van der Waals surface area contributed by atoms with E-state index in [1.165, 1.54) is 22.6 Å². The summed E-state index contributed by atoms with van der Waals surface area (Å²) in [6.07, 6.45) is 8.82. The maximum Gasteiger partial charge on any atom is 0.254 e. The van der Waals surface area contributed by atoms with Crippen molar-refractivity contribution in [1.29, 1.82) is 0 Å². The van der Waals surface area contributed by atoms with Crippen LogP contribution in [-0.2, 0) is 12.8 Å². The van der Waals surface area contributed by atoms with E-state index in [9.17, 15) is 4.79 Å². The molecule has 27 heavy (non-hydrogen) atoms. The van der Waals surface area contributed by atoms with Gasteiger partial charge in [-0.05, 0) is 49.7 Å². The third kappa shape index (κ3) is 3.06. The number of aromatic amines is 1. The molecule has 5 nitrogen and oxygen atoms in total. The van der Waals surface area contributed by atoms with Gasteiger partial charge in [-0.25, -0.2) is 4.98 Å². The largest absolute Gasteiger partial charge is 0.342 e. The lowest BCUT2D eigenvalue weighted by atomic mass is 9.88. The first-order chi connectivity index (χ1) is 13.2. The minimum absolute atomic E-state index is 0.237. The van der Waals surface area contributed by atoms with Crippen LogP contribution in [0.5, 0.6) is 0 Å². The Morgan fingerprint density at radius 2 is 2.04 bits per heavy atom. The Morgan fingerprint density at radius 3 is 2.85 bits per heavy atom. The number of amides is 1. The summed E-state index contributed by atoms with van der Waals surface area (Å²) >= 11 is 1.78. The van der Waals surface area contributed by atoms with Gasteiger partial charge < -0.3 is 9.88 Å². The Morgan fingerprint density at radius 1 is 1.22 bits per heavy atom. The number of thiophene rings is 1. The minimum Gasteiger partial charge on any atom is -0.342 e. The van der Waals surface area contributed by atoms with Crippen molar-refractivity contribution in [2.75, 3.05) is 13.1 Å². The molecule has 1 saturated heterocycles. The molecular formula is C21H24N4OS. The SMILES string of the molecule is C[C@H]1CCc2c(C(=O)N3CCC(c4cc5nccnc5[nH]4)CC3)csc2C1. The van der Waals surface area contributed by atoms with E-state index in [0.717, 1.165) is 61.4 Å². The van der Waals surface area contributed by atoms with Crippen LogP contribution in [0.3, 0.4) is 0 Å². The molecule has 1 fully saturated rings. The molecule has 3 aromatic heterocycles. The summed E-state index contributed by atoms with van der Waals surface area (Å²) in [4.78, 5) is 28.7. The van der Waals surface area contributed by atoms with Crippen molar-refractivity contribution in [3.63, 3.8) is 0 Å². The van der Waals surface area contributed by atoms with Crippen LogP contribution in [0.25, 0.3) is 11.2 Å². The average Bonchev–Trinajstić information content (AvgIpc) is 3.31. The lowest BCUT2D eigenvalue weighted by molar-refractivity contribution is 0.0711. The summed E-state index contributed by atoms with van der Waals surface area (Å²) in [5.41, 5.74) is 5.28. The lowest BCUT2D eigenvalue weighted by Crippen LogP contribution is -2.38. The number of fused-ring (bicyclic) bond motifs is 2. The van der Waals surface area contributed by atoms with E-state index in [1.807, 2.05) is 0 Å². The van der Waals surface area contributed by atoms with Crippen molar-refractivity contribution in [2.24, 2.45) is 5.92 Å². The van der Waals surface area contributed by atoms with Crippen molar-refractivity contribution >= 4 is 28.4 Å². The van der Waals surface area contributed by atoms with Crippen LogP contribution in [0, 0.1) is 5.92 Å². The summed E-state index contributed by atoms with van der Waals surface area (Å²) in [7, 11) is 0. The molecule has 1 aliphatic heterocycles. The van der Waals surface area contributed by atoms with Crippen LogP contribution in [0.1, 0.15) is 58.6 Å². The van der Waals surface area contributed by atoms with E-state index in [2.05, 4.69) is 38.2 Å². The number of hydrogen-bond donors (Lipinski definition) is 1. The van der Waals surface area contributed by atoms with Crippen molar-refractivity contribution in [1.82, 2.24) is 19.9 Å². The molecule has 1 N–H and O–H groups in total. The zero-order chi connectivity index (χ0) is 18.4. The van der Waals surface area contributed by atoms with Gasteiger partial charge in [0.25, 0.3) is 5.91 Å². The summed E-state index contributed by atoms with van der Waals surface area (Å²) < 4.78 is 0. The Kier molecular flexibility index (Phi) is 4.23. The number of nitrogens with zero attached hydrogens (tertiary/aromatic N) is 3. The predicted molar refractivity (Wildman–Crippen MR) is 107 cm³/mol. The second-order valence-electron chi connectivity index (χ2n) is 7.98. The minimum atomic E-state index is 0.237. The molecule has 1 atom stereocenters. The molecule has 140 valence electrons. The van der Waals surface area contributed by atoms with Gasteiger partial charge in [-0.2, -0.15) is 0 Å². The highest BCUT2D eigenvalue weighted by Gasteiger charge is 2.29. The van der Waals surface area contributed by atoms with Gasteiger partial charge in [0.2, 0.25) is 0 Å². The number of aromatic nitrogens is 3. The molecule has 5 rings (SSSR count). The molecular weight excluding hydrogens is 356 g/mol. The molecule has 0 saturated carbocycles. The van der Waals surface area contributed by atoms with Crippen LogP contribution in [0.15, 0.2) is 23.8 Å². The number of H-pyrrole nitrogens is 1. The second-order valence-corrected chi connectivity index (χ2v) is 8.94. The van der Waals surface area contributed by atoms with Gasteiger partial charge in [0.1, 0.15) is 5.52 Å². The van der Waals surface area contributed by atoms with Gasteiger partial charge in [-0.1, -0.05) is 6.92 Å². The highest BCUT2D eigenvalue weighted by atomic mass is 32.1. The van der Waals surface area contributed by atoms with Crippen LogP contribution in [0.4, 0.5) is 0 Å². The van der Waals surface area contributed by atoms with Gasteiger partial charge in [0.15, 0.2) is 5.65 Å². The van der Waals surface area contributed by atoms with E-state index >= 15 is 0 Å². The van der Waals surface area contributed by atoms with Crippen molar-refractivity contribution in [3.8, 4) is 0 Å². The number of hydrogen-bond acceptors (Lipinski definition) is 4. The predicted octanol–water partition coefficient (Wildman–Crippen LogP) is 4.16. The normalized spacial score (nSPS) is 20.8.